The number of nitrogens with one attached hydrogen (secondary N) is 2. The number of ether oxygens (including phenoxy) is 1. The molecule has 0 aliphatic rings. The van der Waals surface area contributed by atoms with Crippen molar-refractivity contribution in [3.05, 3.63) is 71.9 Å². The standard InChI is InChI=1S/C23H26N4O2/c1-16(2)25-21-15-20(26-22(27-21)18-9-5-4-6-10-18)23(28)24-13-12-17-8-7-11-19(14-17)29-3/h4-11,14-16H,12-13H2,1-3H3,(H,24,28)(H,25,26,27). The quantitative estimate of drug-likeness (QED) is 0.609. The van der Waals surface area contributed by atoms with E-state index in [1.807, 2.05) is 68.4 Å². The summed E-state index contributed by atoms with van der Waals surface area (Å²) < 4.78 is 5.24. The number of amides is 1. The Morgan fingerprint density at radius 1 is 1.03 bits per heavy atom. The number of hydrogen-bond donors (Lipinski definition) is 2. The Balaban J connectivity index is 1.74. The SMILES string of the molecule is COc1cccc(CCNC(=O)c2cc(NC(C)C)nc(-c3ccccc3)n2)c1. The van der Waals surface area contributed by atoms with Crippen LogP contribution in [0.25, 0.3) is 11.4 Å². The van der Waals surface area contributed by atoms with Gasteiger partial charge in [0.25, 0.3) is 5.91 Å². The Bertz CT molecular complexity index is 958. The maximum Gasteiger partial charge on any atom is 0.270 e. The molecule has 1 heterocycles. The molecule has 0 spiro atoms. The average molecular weight is 390 g/mol. The largest absolute Gasteiger partial charge is 0.497 e. The van der Waals surface area contributed by atoms with Gasteiger partial charge in [0, 0.05) is 24.2 Å². The van der Waals surface area contributed by atoms with Crippen LogP contribution in [0.15, 0.2) is 60.7 Å². The first kappa shape index (κ1) is 20.3. The number of aromatic nitrogens is 2. The van der Waals surface area contributed by atoms with Gasteiger partial charge in [-0.25, -0.2) is 9.97 Å². The number of benzene rings is 2. The van der Waals surface area contributed by atoms with Crippen LogP contribution >= 0.6 is 0 Å². The molecule has 6 heteroatoms. The lowest BCUT2D eigenvalue weighted by Crippen LogP contribution is -2.27. The molecule has 0 saturated carbocycles. The van der Waals surface area contributed by atoms with E-state index in [1.54, 1.807) is 13.2 Å². The minimum atomic E-state index is -0.223. The van der Waals surface area contributed by atoms with Gasteiger partial charge in [0.05, 0.1) is 7.11 Å². The smallest absolute Gasteiger partial charge is 0.270 e. The molecule has 6 nitrogen and oxygen atoms in total. The van der Waals surface area contributed by atoms with Gasteiger partial charge in [-0.1, -0.05) is 42.5 Å². The van der Waals surface area contributed by atoms with Crippen LogP contribution in [0.2, 0.25) is 0 Å². The Morgan fingerprint density at radius 3 is 2.55 bits per heavy atom. The Kier molecular flexibility index (Phi) is 6.79. The summed E-state index contributed by atoms with van der Waals surface area (Å²) in [5.74, 6) is 1.74. The normalized spacial score (nSPS) is 10.6. The molecule has 3 rings (SSSR count). The molecule has 2 N–H and O–H groups in total. The zero-order valence-corrected chi connectivity index (χ0v) is 17.0. The van der Waals surface area contributed by atoms with Crippen molar-refractivity contribution in [2.45, 2.75) is 26.3 Å². The highest BCUT2D eigenvalue weighted by molar-refractivity contribution is 5.93. The number of anilines is 1. The number of carbonyl (C=O) groups is 1. The zero-order valence-electron chi connectivity index (χ0n) is 17.0. The van der Waals surface area contributed by atoms with Crippen LogP contribution < -0.4 is 15.4 Å². The van der Waals surface area contributed by atoms with E-state index in [1.165, 1.54) is 0 Å². The maximum atomic E-state index is 12.7. The fourth-order valence-corrected chi connectivity index (χ4v) is 2.89. The monoisotopic (exact) mass is 390 g/mol. The van der Waals surface area contributed by atoms with Crippen molar-refractivity contribution in [1.29, 1.82) is 0 Å². The molecule has 150 valence electrons. The first-order chi connectivity index (χ1) is 14.0. The minimum Gasteiger partial charge on any atom is -0.497 e. The summed E-state index contributed by atoms with van der Waals surface area (Å²) in [5.41, 5.74) is 2.30. The van der Waals surface area contributed by atoms with Gasteiger partial charge < -0.3 is 15.4 Å². The number of carbonyl (C=O) groups excluding carboxylic acids is 1. The van der Waals surface area contributed by atoms with Gasteiger partial charge in [-0.15, -0.1) is 0 Å². The van der Waals surface area contributed by atoms with E-state index in [4.69, 9.17) is 4.74 Å². The molecule has 0 radical (unpaired) electrons. The molecule has 0 aliphatic carbocycles. The molecule has 0 saturated heterocycles. The summed E-state index contributed by atoms with van der Waals surface area (Å²) in [7, 11) is 1.64. The third-order valence-corrected chi connectivity index (χ3v) is 4.26. The molecular weight excluding hydrogens is 364 g/mol. The van der Waals surface area contributed by atoms with Crippen LogP contribution in [0.1, 0.15) is 29.9 Å². The van der Waals surface area contributed by atoms with Gasteiger partial charge in [0.15, 0.2) is 5.82 Å². The molecule has 0 aliphatic heterocycles. The van der Waals surface area contributed by atoms with E-state index in [-0.39, 0.29) is 11.9 Å². The van der Waals surface area contributed by atoms with Crippen molar-refractivity contribution in [2.75, 3.05) is 19.0 Å². The second-order valence-electron chi connectivity index (χ2n) is 6.98. The van der Waals surface area contributed by atoms with Crippen molar-refractivity contribution in [2.24, 2.45) is 0 Å². The van der Waals surface area contributed by atoms with Crippen LogP contribution in [0.5, 0.6) is 5.75 Å². The molecule has 3 aromatic rings. The van der Waals surface area contributed by atoms with E-state index < -0.39 is 0 Å². The minimum absolute atomic E-state index is 0.192. The van der Waals surface area contributed by atoms with Gasteiger partial charge in [0.2, 0.25) is 0 Å². The topological polar surface area (TPSA) is 76.1 Å². The van der Waals surface area contributed by atoms with Gasteiger partial charge in [-0.3, -0.25) is 4.79 Å². The van der Waals surface area contributed by atoms with E-state index in [2.05, 4.69) is 20.6 Å². The highest BCUT2D eigenvalue weighted by Gasteiger charge is 2.13. The fraction of sp³-hybridized carbons (Fsp3) is 0.261. The first-order valence-corrected chi connectivity index (χ1v) is 9.67. The van der Waals surface area contributed by atoms with Gasteiger partial charge in [0.1, 0.15) is 17.3 Å². The molecule has 1 amide bonds. The van der Waals surface area contributed by atoms with Gasteiger partial charge in [-0.05, 0) is 38.0 Å². The molecule has 29 heavy (non-hydrogen) atoms. The van der Waals surface area contributed by atoms with E-state index in [0.29, 0.717) is 30.3 Å². The third kappa shape index (κ3) is 5.78. The van der Waals surface area contributed by atoms with E-state index in [9.17, 15) is 4.79 Å². The van der Waals surface area contributed by atoms with Gasteiger partial charge in [-0.2, -0.15) is 0 Å². The predicted molar refractivity (Wildman–Crippen MR) is 115 cm³/mol. The summed E-state index contributed by atoms with van der Waals surface area (Å²) >= 11 is 0. The number of methoxy groups -OCH3 is 1. The van der Waals surface area contributed by atoms with Crippen molar-refractivity contribution in [1.82, 2.24) is 15.3 Å². The van der Waals surface area contributed by atoms with E-state index >= 15 is 0 Å². The number of hydrogen-bond acceptors (Lipinski definition) is 5. The molecule has 0 unspecified atom stereocenters. The van der Waals surface area contributed by atoms with E-state index in [0.717, 1.165) is 16.9 Å². The summed E-state index contributed by atoms with van der Waals surface area (Å²) in [5, 5.41) is 6.21. The highest BCUT2D eigenvalue weighted by Crippen LogP contribution is 2.18. The summed E-state index contributed by atoms with van der Waals surface area (Å²) in [6, 6.07) is 19.3. The van der Waals surface area contributed by atoms with Crippen LogP contribution in [-0.2, 0) is 6.42 Å². The fourth-order valence-electron chi connectivity index (χ4n) is 2.89. The summed E-state index contributed by atoms with van der Waals surface area (Å²) in [6.45, 7) is 4.56. The number of nitrogens with zero attached hydrogens (tertiary/aromatic N) is 2. The molecule has 0 fully saturated rings. The second kappa shape index (κ2) is 9.68. The Labute approximate surface area is 171 Å². The summed E-state index contributed by atoms with van der Waals surface area (Å²) in [6.07, 6.45) is 0.705. The zero-order chi connectivity index (χ0) is 20.6. The van der Waals surface area contributed by atoms with Crippen molar-refractivity contribution >= 4 is 11.7 Å². The van der Waals surface area contributed by atoms with Crippen molar-refractivity contribution < 1.29 is 9.53 Å². The molecule has 2 aromatic carbocycles. The third-order valence-electron chi connectivity index (χ3n) is 4.26. The van der Waals surface area contributed by atoms with Crippen LogP contribution in [-0.4, -0.2) is 35.6 Å². The lowest BCUT2D eigenvalue weighted by molar-refractivity contribution is 0.0949. The van der Waals surface area contributed by atoms with Crippen LogP contribution in [0.4, 0.5) is 5.82 Å². The second-order valence-corrected chi connectivity index (χ2v) is 6.98. The van der Waals surface area contributed by atoms with Crippen LogP contribution in [0, 0.1) is 0 Å². The Morgan fingerprint density at radius 2 is 1.83 bits per heavy atom. The molecule has 0 bridgehead atoms. The average Bonchev–Trinajstić information content (AvgIpc) is 2.73. The lowest BCUT2D eigenvalue weighted by Gasteiger charge is -2.12. The molecule has 1 aromatic heterocycles. The van der Waals surface area contributed by atoms with Crippen molar-refractivity contribution in [3.63, 3.8) is 0 Å². The molecule has 0 atom stereocenters. The maximum absolute atomic E-state index is 12.7. The first-order valence-electron chi connectivity index (χ1n) is 9.67. The Hall–Kier alpha value is -3.41. The summed E-state index contributed by atoms with van der Waals surface area (Å²) in [4.78, 5) is 21.8. The van der Waals surface area contributed by atoms with Gasteiger partial charge >= 0.3 is 0 Å². The molecular formula is C23H26N4O2. The highest BCUT2D eigenvalue weighted by atomic mass is 16.5. The van der Waals surface area contributed by atoms with Crippen LogP contribution in [0.3, 0.4) is 0 Å². The van der Waals surface area contributed by atoms with Crippen molar-refractivity contribution in [3.8, 4) is 17.1 Å². The predicted octanol–water partition coefficient (Wildman–Crippen LogP) is 3.95. The number of rotatable bonds is 8. The lowest BCUT2D eigenvalue weighted by atomic mass is 10.1.